The Morgan fingerprint density at radius 2 is 1.14 bits per heavy atom. The first-order valence-corrected chi connectivity index (χ1v) is 16.0. The molecule has 0 aromatic heterocycles. The highest BCUT2D eigenvalue weighted by atomic mass is 16.5. The zero-order chi connectivity index (χ0) is 38.0. The van der Waals surface area contributed by atoms with Crippen molar-refractivity contribution < 1.29 is 53.3 Å². The minimum absolute atomic E-state index is 0.0143. The van der Waals surface area contributed by atoms with E-state index in [0.717, 1.165) is 17.6 Å². The lowest BCUT2D eigenvalue weighted by molar-refractivity contribution is -0.310. The second kappa shape index (κ2) is 21.8. The minimum Gasteiger partial charge on any atom is -0.549 e. The fourth-order valence-corrected chi connectivity index (χ4v) is 4.53. The van der Waals surface area contributed by atoms with Gasteiger partial charge < -0.3 is 56.9 Å². The Kier molecular flexibility index (Phi) is 18.7. The Labute approximate surface area is 290 Å². The maximum absolute atomic E-state index is 13.2. The van der Waals surface area contributed by atoms with Gasteiger partial charge in [-0.3, -0.25) is 28.9 Å². The van der Waals surface area contributed by atoms with E-state index in [9.17, 15) is 48.6 Å². The second-order valence-corrected chi connectivity index (χ2v) is 11.8. The van der Waals surface area contributed by atoms with Gasteiger partial charge in [-0.1, -0.05) is 30.3 Å². The third-order valence-corrected chi connectivity index (χ3v) is 7.36. The number of aliphatic carboxylic acids is 2. The number of rotatable bonds is 22. The van der Waals surface area contributed by atoms with Crippen LogP contribution in [0.2, 0.25) is 0 Å². The van der Waals surface area contributed by atoms with Gasteiger partial charge in [0, 0.05) is 13.1 Å². The highest BCUT2D eigenvalue weighted by molar-refractivity contribution is 5.96. The van der Waals surface area contributed by atoms with Crippen molar-refractivity contribution in [2.45, 2.75) is 89.6 Å². The van der Waals surface area contributed by atoms with Crippen LogP contribution in [0.1, 0.15) is 52.5 Å². The van der Waals surface area contributed by atoms with E-state index in [4.69, 9.17) is 5.73 Å². The molecule has 0 heterocycles. The molecule has 0 unspecified atom stereocenters. The molecule has 18 nitrogen and oxygen atoms in total. The molecule has 0 saturated carbocycles. The summed E-state index contributed by atoms with van der Waals surface area (Å²) in [4.78, 5) is 98.9. The Bertz CT molecular complexity index is 1330. The zero-order valence-corrected chi connectivity index (χ0v) is 28.8. The summed E-state index contributed by atoms with van der Waals surface area (Å²) >= 11 is 0. The van der Waals surface area contributed by atoms with E-state index in [2.05, 4.69) is 31.3 Å². The van der Waals surface area contributed by atoms with Crippen molar-refractivity contribution in [2.75, 3.05) is 26.7 Å². The lowest BCUT2D eigenvalue weighted by Crippen LogP contribution is -2.58. The van der Waals surface area contributed by atoms with Crippen molar-refractivity contribution in [3.8, 4) is 0 Å². The number of carboxylic acids is 2. The van der Waals surface area contributed by atoms with Crippen LogP contribution >= 0.6 is 0 Å². The number of carboxylic acid groups (broad SMARTS) is 2. The van der Waals surface area contributed by atoms with Gasteiger partial charge in [0.25, 0.3) is 0 Å². The predicted molar refractivity (Wildman–Crippen MR) is 173 cm³/mol. The molecule has 0 aliphatic rings. The van der Waals surface area contributed by atoms with Gasteiger partial charge >= 0.3 is 5.97 Å². The highest BCUT2D eigenvalue weighted by Gasteiger charge is 2.29. The summed E-state index contributed by atoms with van der Waals surface area (Å²) in [6.07, 6.45) is 0.575. The first-order valence-electron chi connectivity index (χ1n) is 16.0. The fourth-order valence-electron chi connectivity index (χ4n) is 4.53. The van der Waals surface area contributed by atoms with Crippen LogP contribution in [-0.2, 0) is 49.5 Å². The van der Waals surface area contributed by atoms with E-state index >= 15 is 0 Å². The molecule has 1 aromatic carbocycles. The molecular formula is C32H47N7O11-2. The molecule has 0 saturated heterocycles. The number of carbonyl (C=O) groups is 8. The summed E-state index contributed by atoms with van der Waals surface area (Å²) in [6.45, 7) is 4.13. The molecule has 18 heteroatoms. The second-order valence-electron chi connectivity index (χ2n) is 11.8. The van der Waals surface area contributed by atoms with Gasteiger partial charge in [-0.2, -0.15) is 0 Å². The van der Waals surface area contributed by atoms with Gasteiger partial charge in [0.1, 0.15) is 30.2 Å². The van der Waals surface area contributed by atoms with E-state index in [1.54, 1.807) is 24.3 Å². The Balaban J connectivity index is 2.90. The summed E-state index contributed by atoms with van der Waals surface area (Å²) in [5.74, 6) is -7.30. The number of nitrogens with one attached hydrogen (secondary N) is 5. The molecule has 1 rings (SSSR count). The van der Waals surface area contributed by atoms with Gasteiger partial charge in [0.2, 0.25) is 29.5 Å². The number of hydrogen-bond acceptors (Lipinski definition) is 13. The van der Waals surface area contributed by atoms with Crippen molar-refractivity contribution in [1.29, 1.82) is 0 Å². The quantitative estimate of drug-likeness (QED) is 0.0489. The molecule has 1 aromatic rings. The van der Waals surface area contributed by atoms with Crippen molar-refractivity contribution in [1.82, 2.24) is 31.5 Å². The normalized spacial score (nSPS) is 14.5. The summed E-state index contributed by atoms with van der Waals surface area (Å²) in [5.41, 5.74) is 6.81. The van der Waals surface area contributed by atoms with Crippen LogP contribution in [-0.4, -0.2) is 115 Å². The van der Waals surface area contributed by atoms with Crippen LogP contribution in [0.5, 0.6) is 0 Å². The standard InChI is InChI=1S/C32H49N7O11/c1-18(35-30(47)23(33)15-22-11-7-6-8-12-22)27(44)34-20(3)29(46)38-24(13-9-10-14-39(16-25(40)41)17-26(42)43)31(48)36-19(2)28(45)37-21(4)32(49)50-5/h6-8,11-12,18-21,23-24H,9-10,13-17,33H2,1-5H3,(H,34,44)(H,35,47)(H,36,48)(H,37,45)(H,38,46)(H,40,41)(H,42,43)/p-2/t18-,19-,20-,21-,23-,24-/m0/s1. The van der Waals surface area contributed by atoms with Crippen LogP contribution in [0.25, 0.3) is 0 Å². The van der Waals surface area contributed by atoms with E-state index < -0.39 is 96.8 Å². The molecule has 278 valence electrons. The molecule has 0 spiro atoms. The van der Waals surface area contributed by atoms with Crippen LogP contribution < -0.4 is 42.5 Å². The van der Waals surface area contributed by atoms with Crippen LogP contribution in [0.4, 0.5) is 0 Å². The Morgan fingerprint density at radius 1 is 0.680 bits per heavy atom. The van der Waals surface area contributed by atoms with Crippen LogP contribution in [0.3, 0.4) is 0 Å². The molecule has 6 atom stereocenters. The number of methoxy groups -OCH3 is 1. The molecule has 5 amide bonds. The number of ether oxygens (including phenoxy) is 1. The lowest BCUT2D eigenvalue weighted by Gasteiger charge is -2.25. The summed E-state index contributed by atoms with van der Waals surface area (Å²) in [6, 6.07) is 2.40. The summed E-state index contributed by atoms with van der Waals surface area (Å²) in [5, 5.41) is 34.2. The first-order chi connectivity index (χ1) is 23.4. The predicted octanol–water partition coefficient (Wildman–Crippen LogP) is -4.79. The number of esters is 1. The van der Waals surface area contributed by atoms with Crippen molar-refractivity contribution in [2.24, 2.45) is 5.73 Å². The number of unbranched alkanes of at least 4 members (excludes halogenated alkanes) is 1. The topological polar surface area (TPSA) is 281 Å². The third kappa shape index (κ3) is 16.3. The van der Waals surface area contributed by atoms with E-state index in [-0.39, 0.29) is 32.2 Å². The van der Waals surface area contributed by atoms with Crippen molar-refractivity contribution >= 4 is 47.4 Å². The Morgan fingerprint density at radius 3 is 1.64 bits per heavy atom. The minimum atomic E-state index is -1.50. The van der Waals surface area contributed by atoms with E-state index in [0.29, 0.717) is 0 Å². The van der Waals surface area contributed by atoms with Crippen LogP contribution in [0.15, 0.2) is 30.3 Å². The summed E-state index contributed by atoms with van der Waals surface area (Å²) < 4.78 is 4.57. The van der Waals surface area contributed by atoms with E-state index in [1.165, 1.54) is 27.7 Å². The first kappa shape index (κ1) is 42.9. The number of nitrogens with two attached hydrogens (primary N) is 1. The van der Waals surface area contributed by atoms with Crippen LogP contribution in [0, 0.1) is 0 Å². The maximum Gasteiger partial charge on any atom is 0.328 e. The van der Waals surface area contributed by atoms with Gasteiger partial charge in [-0.15, -0.1) is 0 Å². The number of hydrogen-bond donors (Lipinski definition) is 6. The Hall–Kier alpha value is -5.10. The third-order valence-electron chi connectivity index (χ3n) is 7.36. The molecule has 50 heavy (non-hydrogen) atoms. The number of benzene rings is 1. The smallest absolute Gasteiger partial charge is 0.328 e. The maximum atomic E-state index is 13.2. The zero-order valence-electron chi connectivity index (χ0n) is 28.8. The van der Waals surface area contributed by atoms with Crippen molar-refractivity contribution in [3.05, 3.63) is 35.9 Å². The SMILES string of the molecule is COC(=O)[C@H](C)NC(=O)[C@H](C)NC(=O)[C@H](CCCCN(CC(=O)[O-])CC(=O)[O-])NC(=O)[C@H](C)NC(=O)[C@H](C)NC(=O)[C@@H](N)Cc1ccccc1. The molecular weight excluding hydrogens is 658 g/mol. The van der Waals surface area contributed by atoms with Gasteiger partial charge in [-0.05, 0) is 65.5 Å². The molecule has 0 aliphatic heterocycles. The molecule has 0 fully saturated rings. The molecule has 0 aliphatic carbocycles. The van der Waals surface area contributed by atoms with Gasteiger partial charge in [0.05, 0.1) is 25.1 Å². The monoisotopic (exact) mass is 705 g/mol. The molecule has 0 bridgehead atoms. The number of carbonyl (C=O) groups excluding carboxylic acids is 8. The molecule has 7 N–H and O–H groups in total. The number of amides is 5. The fraction of sp³-hybridized carbons (Fsp3) is 0.562. The van der Waals surface area contributed by atoms with Gasteiger partial charge in [-0.25, -0.2) is 4.79 Å². The average Bonchev–Trinajstić information content (AvgIpc) is 3.04. The lowest BCUT2D eigenvalue weighted by atomic mass is 10.1. The molecule has 0 radical (unpaired) electrons. The van der Waals surface area contributed by atoms with Gasteiger partial charge in [0.15, 0.2) is 0 Å². The summed E-state index contributed by atoms with van der Waals surface area (Å²) in [7, 11) is 1.14. The number of nitrogens with zero attached hydrogens (tertiary/aromatic N) is 1. The highest BCUT2D eigenvalue weighted by Crippen LogP contribution is 2.06. The average molecular weight is 706 g/mol. The van der Waals surface area contributed by atoms with E-state index in [1.807, 2.05) is 6.07 Å². The van der Waals surface area contributed by atoms with Crippen molar-refractivity contribution in [3.63, 3.8) is 0 Å². The largest absolute Gasteiger partial charge is 0.549 e.